The first kappa shape index (κ1) is 14.0. The number of carbonyl (C=O) groups excluding carboxylic acids is 1. The number of benzene rings is 1. The molecule has 0 bridgehead atoms. The van der Waals surface area contributed by atoms with Crippen LogP contribution in [0.3, 0.4) is 0 Å². The smallest absolute Gasteiger partial charge is 0.306 e. The second kappa shape index (κ2) is 5.71. The van der Waals surface area contributed by atoms with Gasteiger partial charge in [0.2, 0.25) is 0 Å². The maximum absolute atomic E-state index is 11.3. The van der Waals surface area contributed by atoms with Gasteiger partial charge in [0.1, 0.15) is 12.2 Å². The fourth-order valence-corrected chi connectivity index (χ4v) is 2.75. The average molecular weight is 284 g/mol. The summed E-state index contributed by atoms with van der Waals surface area (Å²) in [5.74, 6) is -0.305. The van der Waals surface area contributed by atoms with Gasteiger partial charge in [-0.1, -0.05) is 30.3 Å². The highest BCUT2D eigenvalue weighted by atomic mass is 32.2. The van der Waals surface area contributed by atoms with Crippen molar-refractivity contribution < 1.29 is 22.1 Å². The van der Waals surface area contributed by atoms with Gasteiger partial charge in [0, 0.05) is 12.8 Å². The van der Waals surface area contributed by atoms with Crippen LogP contribution in [-0.4, -0.2) is 32.9 Å². The molecule has 0 amide bonds. The second-order valence-corrected chi connectivity index (χ2v) is 6.20. The fourth-order valence-electron chi connectivity index (χ4n) is 2.11. The van der Waals surface area contributed by atoms with E-state index in [4.69, 9.17) is 8.92 Å². The molecular weight excluding hydrogens is 268 g/mol. The highest BCUT2D eigenvalue weighted by Crippen LogP contribution is 2.23. The Balaban J connectivity index is 2.12. The molecule has 0 N–H and O–H groups in total. The largest absolute Gasteiger partial charge is 0.460 e. The van der Waals surface area contributed by atoms with E-state index in [9.17, 15) is 13.2 Å². The molecule has 1 aliphatic heterocycles. The molecule has 0 spiro atoms. The third-order valence-electron chi connectivity index (χ3n) is 2.91. The Hall–Kier alpha value is -1.40. The standard InChI is InChI=1S/C13H16O5S/c1-19(15,16)18-12(11-7-8-13(14)17-11)9-10-5-3-2-4-6-10/h2-6,11-12H,7-9H2,1H3/t11-,12+/m0/s1. The molecule has 0 unspecified atom stereocenters. The molecule has 1 aromatic rings. The Morgan fingerprint density at radius 2 is 2.05 bits per heavy atom. The lowest BCUT2D eigenvalue weighted by Gasteiger charge is -2.21. The van der Waals surface area contributed by atoms with Gasteiger partial charge in [0.05, 0.1) is 6.26 Å². The van der Waals surface area contributed by atoms with Crippen LogP contribution in [0.25, 0.3) is 0 Å². The van der Waals surface area contributed by atoms with Crippen LogP contribution < -0.4 is 0 Å². The van der Waals surface area contributed by atoms with Crippen molar-refractivity contribution in [2.45, 2.75) is 31.5 Å². The summed E-state index contributed by atoms with van der Waals surface area (Å²) in [6.07, 6.45) is 1.04. The minimum atomic E-state index is -3.59. The molecule has 0 radical (unpaired) electrons. The molecule has 104 valence electrons. The summed E-state index contributed by atoms with van der Waals surface area (Å²) >= 11 is 0. The molecule has 1 fully saturated rings. The van der Waals surface area contributed by atoms with Gasteiger partial charge in [0.15, 0.2) is 0 Å². The van der Waals surface area contributed by atoms with Crippen LogP contribution in [0.5, 0.6) is 0 Å². The summed E-state index contributed by atoms with van der Waals surface area (Å²) in [5.41, 5.74) is 0.944. The quantitative estimate of drug-likeness (QED) is 0.602. The van der Waals surface area contributed by atoms with E-state index in [0.717, 1.165) is 11.8 Å². The number of hydrogen-bond acceptors (Lipinski definition) is 5. The van der Waals surface area contributed by atoms with Crippen molar-refractivity contribution in [1.29, 1.82) is 0 Å². The maximum Gasteiger partial charge on any atom is 0.306 e. The van der Waals surface area contributed by atoms with Crippen molar-refractivity contribution in [3.05, 3.63) is 35.9 Å². The average Bonchev–Trinajstić information content (AvgIpc) is 2.75. The molecule has 5 nitrogen and oxygen atoms in total. The lowest BCUT2D eigenvalue weighted by molar-refractivity contribution is -0.144. The number of cyclic esters (lactones) is 1. The van der Waals surface area contributed by atoms with Crippen LogP contribution in [0.15, 0.2) is 30.3 Å². The molecule has 19 heavy (non-hydrogen) atoms. The Kier molecular flexibility index (Phi) is 4.21. The molecule has 6 heteroatoms. The van der Waals surface area contributed by atoms with Crippen molar-refractivity contribution in [2.75, 3.05) is 6.26 Å². The van der Waals surface area contributed by atoms with Crippen molar-refractivity contribution >= 4 is 16.1 Å². The summed E-state index contributed by atoms with van der Waals surface area (Å²) in [6.45, 7) is 0. The molecule has 0 saturated carbocycles. The molecule has 1 saturated heterocycles. The molecular formula is C13H16O5S. The summed E-state index contributed by atoms with van der Waals surface area (Å²) < 4.78 is 32.8. The van der Waals surface area contributed by atoms with Crippen molar-refractivity contribution in [3.63, 3.8) is 0 Å². The predicted molar refractivity (Wildman–Crippen MR) is 69.0 cm³/mol. The van der Waals surface area contributed by atoms with Gasteiger partial charge in [-0.05, 0) is 12.0 Å². The highest BCUT2D eigenvalue weighted by Gasteiger charge is 2.34. The van der Waals surface area contributed by atoms with Gasteiger partial charge in [-0.15, -0.1) is 0 Å². The zero-order valence-electron chi connectivity index (χ0n) is 10.6. The molecule has 1 aromatic carbocycles. The van der Waals surface area contributed by atoms with E-state index in [1.165, 1.54) is 0 Å². The highest BCUT2D eigenvalue weighted by molar-refractivity contribution is 7.86. The number of hydrogen-bond donors (Lipinski definition) is 0. The van der Waals surface area contributed by atoms with E-state index >= 15 is 0 Å². The lowest BCUT2D eigenvalue weighted by Crippen LogP contribution is -2.33. The van der Waals surface area contributed by atoms with E-state index in [2.05, 4.69) is 0 Å². The van der Waals surface area contributed by atoms with Crippen molar-refractivity contribution in [1.82, 2.24) is 0 Å². The van der Waals surface area contributed by atoms with E-state index < -0.39 is 22.3 Å². The number of rotatable bonds is 5. The van der Waals surface area contributed by atoms with Crippen LogP contribution in [0.2, 0.25) is 0 Å². The fraction of sp³-hybridized carbons (Fsp3) is 0.462. The first-order valence-corrected chi connectivity index (χ1v) is 7.87. The summed E-state index contributed by atoms with van der Waals surface area (Å²) in [6, 6.07) is 9.39. The summed E-state index contributed by atoms with van der Waals surface area (Å²) in [7, 11) is -3.59. The zero-order chi connectivity index (χ0) is 13.9. The first-order valence-electron chi connectivity index (χ1n) is 6.06. The number of esters is 1. The molecule has 0 aromatic heterocycles. The molecule has 1 aliphatic rings. The predicted octanol–water partition coefficient (Wildman–Crippen LogP) is 1.28. The van der Waals surface area contributed by atoms with Gasteiger partial charge >= 0.3 is 5.97 Å². The minimum Gasteiger partial charge on any atom is -0.460 e. The van der Waals surface area contributed by atoms with Gasteiger partial charge in [-0.2, -0.15) is 8.42 Å². The SMILES string of the molecule is CS(=O)(=O)O[C@H](Cc1ccccc1)[C@@H]1CCC(=O)O1. The van der Waals surface area contributed by atoms with Crippen LogP contribution in [0.4, 0.5) is 0 Å². The van der Waals surface area contributed by atoms with Gasteiger partial charge < -0.3 is 4.74 Å². The Morgan fingerprint density at radius 1 is 1.37 bits per heavy atom. The van der Waals surface area contributed by atoms with E-state index in [1.54, 1.807) is 0 Å². The first-order chi connectivity index (χ1) is 8.94. The third-order valence-corrected chi connectivity index (χ3v) is 3.51. The molecule has 2 rings (SSSR count). The van der Waals surface area contributed by atoms with Crippen LogP contribution in [0.1, 0.15) is 18.4 Å². The van der Waals surface area contributed by atoms with E-state index in [1.807, 2.05) is 30.3 Å². The topological polar surface area (TPSA) is 69.7 Å². The molecule has 2 atom stereocenters. The Morgan fingerprint density at radius 3 is 2.58 bits per heavy atom. The van der Waals surface area contributed by atoms with Crippen molar-refractivity contribution in [2.24, 2.45) is 0 Å². The Bertz CT molecular complexity index is 537. The van der Waals surface area contributed by atoms with Gasteiger partial charge in [-0.25, -0.2) is 0 Å². The molecule has 0 aliphatic carbocycles. The van der Waals surface area contributed by atoms with Crippen LogP contribution in [-0.2, 0) is 30.3 Å². The summed E-state index contributed by atoms with van der Waals surface area (Å²) in [4.78, 5) is 11.1. The zero-order valence-corrected chi connectivity index (χ0v) is 11.4. The monoisotopic (exact) mass is 284 g/mol. The normalized spacial score (nSPS) is 21.1. The van der Waals surface area contributed by atoms with Crippen molar-refractivity contribution in [3.8, 4) is 0 Å². The minimum absolute atomic E-state index is 0.305. The van der Waals surface area contributed by atoms with E-state index in [0.29, 0.717) is 19.3 Å². The lowest BCUT2D eigenvalue weighted by atomic mass is 10.0. The van der Waals surface area contributed by atoms with Gasteiger partial charge in [-0.3, -0.25) is 8.98 Å². The van der Waals surface area contributed by atoms with E-state index in [-0.39, 0.29) is 5.97 Å². The number of carbonyl (C=O) groups is 1. The summed E-state index contributed by atoms with van der Waals surface area (Å²) in [5, 5.41) is 0. The Labute approximate surface area is 112 Å². The van der Waals surface area contributed by atoms with Gasteiger partial charge in [0.25, 0.3) is 10.1 Å². The third kappa shape index (κ3) is 4.33. The maximum atomic E-state index is 11.3. The second-order valence-electron chi connectivity index (χ2n) is 4.60. The van der Waals surface area contributed by atoms with Crippen LogP contribution in [0, 0.1) is 0 Å². The van der Waals surface area contributed by atoms with Crippen LogP contribution >= 0.6 is 0 Å². The molecule has 1 heterocycles. The number of ether oxygens (including phenoxy) is 1.